The first kappa shape index (κ1) is 18.1. The van der Waals surface area contributed by atoms with Gasteiger partial charge in [0.05, 0.1) is 19.3 Å². The Balaban J connectivity index is 2.92. The molecule has 1 atom stereocenters. The van der Waals surface area contributed by atoms with E-state index in [4.69, 9.17) is 31.5 Å². The zero-order valence-corrected chi connectivity index (χ0v) is 14.3. The predicted molar refractivity (Wildman–Crippen MR) is 86.6 cm³/mol. The minimum Gasteiger partial charge on any atom is -0.493 e. The van der Waals surface area contributed by atoms with Crippen LogP contribution in [0.2, 0.25) is 5.02 Å². The molecule has 0 saturated heterocycles. The van der Waals surface area contributed by atoms with Crippen LogP contribution in [0.4, 0.5) is 0 Å². The molecule has 0 bridgehead atoms. The summed E-state index contributed by atoms with van der Waals surface area (Å²) in [4.78, 5) is 0. The summed E-state index contributed by atoms with van der Waals surface area (Å²) < 4.78 is 16.7. The first-order valence-corrected chi connectivity index (χ1v) is 7.47. The molecule has 1 aromatic carbocycles. The van der Waals surface area contributed by atoms with E-state index in [0.29, 0.717) is 29.5 Å². The fraction of sp³-hybridized carbons (Fsp3) is 0.625. The van der Waals surface area contributed by atoms with Crippen molar-refractivity contribution in [3.63, 3.8) is 0 Å². The van der Waals surface area contributed by atoms with Crippen LogP contribution in [0.1, 0.15) is 32.8 Å². The highest BCUT2D eigenvalue weighted by atomic mass is 35.5. The quantitative estimate of drug-likeness (QED) is 0.798. The molecule has 0 radical (unpaired) electrons. The number of benzene rings is 1. The molecular weight excluding hydrogens is 290 g/mol. The van der Waals surface area contributed by atoms with Crippen LogP contribution in [0.5, 0.6) is 11.5 Å². The van der Waals surface area contributed by atoms with Gasteiger partial charge in [0.15, 0.2) is 11.5 Å². The van der Waals surface area contributed by atoms with Gasteiger partial charge in [-0.3, -0.25) is 0 Å². The van der Waals surface area contributed by atoms with Crippen molar-refractivity contribution in [2.24, 2.45) is 5.73 Å². The number of hydrogen-bond acceptors (Lipinski definition) is 4. The molecule has 21 heavy (non-hydrogen) atoms. The van der Waals surface area contributed by atoms with Crippen molar-refractivity contribution in [1.82, 2.24) is 0 Å². The molecule has 0 aliphatic rings. The molecule has 0 saturated carbocycles. The maximum absolute atomic E-state index is 6.12. The fourth-order valence-electron chi connectivity index (χ4n) is 1.94. The highest BCUT2D eigenvalue weighted by molar-refractivity contribution is 6.30. The highest BCUT2D eigenvalue weighted by Gasteiger charge is 2.18. The van der Waals surface area contributed by atoms with E-state index in [1.807, 2.05) is 26.8 Å². The number of ether oxygens (including phenoxy) is 3. The minimum atomic E-state index is -0.221. The zero-order chi connectivity index (χ0) is 16.0. The van der Waals surface area contributed by atoms with Crippen molar-refractivity contribution in [2.45, 2.75) is 45.3 Å². The Morgan fingerprint density at radius 2 is 1.95 bits per heavy atom. The summed E-state index contributed by atoms with van der Waals surface area (Å²) in [7, 11) is 3.30. The van der Waals surface area contributed by atoms with Gasteiger partial charge < -0.3 is 19.9 Å². The third kappa shape index (κ3) is 5.73. The number of nitrogens with two attached hydrogens (primary N) is 1. The summed E-state index contributed by atoms with van der Waals surface area (Å²) in [6, 6.07) is 3.65. The van der Waals surface area contributed by atoms with Gasteiger partial charge in [0.25, 0.3) is 0 Å². The predicted octanol–water partition coefficient (Wildman–Crippen LogP) is 3.43. The van der Waals surface area contributed by atoms with Crippen LogP contribution in [0.3, 0.4) is 0 Å². The summed E-state index contributed by atoms with van der Waals surface area (Å²) >= 11 is 6.12. The van der Waals surface area contributed by atoms with E-state index in [2.05, 4.69) is 0 Å². The van der Waals surface area contributed by atoms with Gasteiger partial charge in [-0.2, -0.15) is 0 Å². The van der Waals surface area contributed by atoms with E-state index in [1.54, 1.807) is 20.3 Å². The van der Waals surface area contributed by atoms with Crippen molar-refractivity contribution < 1.29 is 14.2 Å². The van der Waals surface area contributed by atoms with Gasteiger partial charge in [0.2, 0.25) is 0 Å². The Bertz CT molecular complexity index is 461. The maximum atomic E-state index is 6.12. The van der Waals surface area contributed by atoms with Gasteiger partial charge in [0, 0.05) is 36.2 Å². The van der Waals surface area contributed by atoms with E-state index in [9.17, 15) is 0 Å². The standard InChI is InChI=1S/C16H26ClNO3/c1-11(18)8-12-9-13(17)10-14(19-4)15(12)21-7-6-16(2,3)20-5/h9-11H,6-8,18H2,1-5H3. The maximum Gasteiger partial charge on any atom is 0.164 e. The van der Waals surface area contributed by atoms with E-state index >= 15 is 0 Å². The number of methoxy groups -OCH3 is 2. The first-order valence-electron chi connectivity index (χ1n) is 7.09. The number of hydrogen-bond donors (Lipinski definition) is 1. The normalized spacial score (nSPS) is 13.1. The van der Waals surface area contributed by atoms with E-state index in [-0.39, 0.29) is 11.6 Å². The largest absolute Gasteiger partial charge is 0.493 e. The second-order valence-electron chi connectivity index (χ2n) is 5.84. The Hall–Kier alpha value is -0.970. The summed E-state index contributed by atoms with van der Waals surface area (Å²) in [6.07, 6.45) is 1.45. The number of halogens is 1. The smallest absolute Gasteiger partial charge is 0.164 e. The highest BCUT2D eigenvalue weighted by Crippen LogP contribution is 2.35. The molecule has 0 heterocycles. The molecule has 0 aliphatic carbocycles. The molecule has 5 heteroatoms. The molecule has 120 valence electrons. The lowest BCUT2D eigenvalue weighted by molar-refractivity contribution is 0.00516. The van der Waals surface area contributed by atoms with Gasteiger partial charge in [-0.25, -0.2) is 0 Å². The first-order chi connectivity index (χ1) is 9.79. The van der Waals surface area contributed by atoms with Gasteiger partial charge in [-0.1, -0.05) is 11.6 Å². The Morgan fingerprint density at radius 3 is 2.48 bits per heavy atom. The Labute approximate surface area is 132 Å². The molecule has 0 spiro atoms. The van der Waals surface area contributed by atoms with Gasteiger partial charge >= 0.3 is 0 Å². The Morgan fingerprint density at radius 1 is 1.29 bits per heavy atom. The molecule has 4 nitrogen and oxygen atoms in total. The summed E-state index contributed by atoms with van der Waals surface area (Å²) in [6.45, 7) is 6.53. The second-order valence-corrected chi connectivity index (χ2v) is 6.28. The van der Waals surface area contributed by atoms with Crippen molar-refractivity contribution >= 4 is 11.6 Å². The van der Waals surface area contributed by atoms with E-state index in [0.717, 1.165) is 12.0 Å². The molecule has 0 amide bonds. The zero-order valence-electron chi connectivity index (χ0n) is 13.5. The monoisotopic (exact) mass is 315 g/mol. The Kier molecular flexibility index (Phi) is 6.78. The second kappa shape index (κ2) is 7.87. The lowest BCUT2D eigenvalue weighted by atomic mass is 10.0. The van der Waals surface area contributed by atoms with Crippen LogP contribution >= 0.6 is 11.6 Å². The van der Waals surface area contributed by atoms with Gasteiger partial charge in [-0.05, 0) is 33.3 Å². The molecule has 1 aromatic rings. The van der Waals surface area contributed by atoms with Crippen molar-refractivity contribution in [3.8, 4) is 11.5 Å². The average Bonchev–Trinajstić information content (AvgIpc) is 2.39. The molecule has 0 aliphatic heterocycles. The van der Waals surface area contributed by atoms with Crippen LogP contribution in [0.25, 0.3) is 0 Å². The molecule has 2 N–H and O–H groups in total. The topological polar surface area (TPSA) is 53.7 Å². The lowest BCUT2D eigenvalue weighted by Gasteiger charge is -2.24. The van der Waals surface area contributed by atoms with Crippen molar-refractivity contribution in [1.29, 1.82) is 0 Å². The minimum absolute atomic E-state index is 0.0194. The molecule has 0 aromatic heterocycles. The van der Waals surface area contributed by atoms with Crippen LogP contribution < -0.4 is 15.2 Å². The lowest BCUT2D eigenvalue weighted by Crippen LogP contribution is -2.25. The van der Waals surface area contributed by atoms with Crippen LogP contribution in [-0.4, -0.2) is 32.5 Å². The summed E-state index contributed by atoms with van der Waals surface area (Å²) in [5.41, 5.74) is 6.64. The van der Waals surface area contributed by atoms with Crippen LogP contribution in [0.15, 0.2) is 12.1 Å². The third-order valence-electron chi connectivity index (χ3n) is 3.36. The van der Waals surface area contributed by atoms with Gasteiger partial charge in [-0.15, -0.1) is 0 Å². The summed E-state index contributed by atoms with van der Waals surface area (Å²) in [5, 5.41) is 0.618. The van der Waals surface area contributed by atoms with Crippen molar-refractivity contribution in [3.05, 3.63) is 22.7 Å². The summed E-state index contributed by atoms with van der Waals surface area (Å²) in [5.74, 6) is 1.35. The van der Waals surface area contributed by atoms with Crippen molar-refractivity contribution in [2.75, 3.05) is 20.8 Å². The SMILES string of the molecule is COc1cc(Cl)cc(CC(C)N)c1OCCC(C)(C)OC. The molecule has 0 fully saturated rings. The third-order valence-corrected chi connectivity index (χ3v) is 3.58. The fourth-order valence-corrected chi connectivity index (χ4v) is 2.17. The molecule has 1 rings (SSSR count). The van der Waals surface area contributed by atoms with Crippen LogP contribution in [-0.2, 0) is 11.2 Å². The van der Waals surface area contributed by atoms with E-state index < -0.39 is 0 Å². The van der Waals surface area contributed by atoms with E-state index in [1.165, 1.54) is 0 Å². The molecule has 1 unspecified atom stereocenters. The van der Waals surface area contributed by atoms with Crippen LogP contribution in [0, 0.1) is 0 Å². The van der Waals surface area contributed by atoms with Gasteiger partial charge in [0.1, 0.15) is 0 Å². The number of rotatable bonds is 8. The molecular formula is C16H26ClNO3. The average molecular weight is 316 g/mol.